The molecule has 1 unspecified atom stereocenters. The Bertz CT molecular complexity index is 1100. The number of carbonyl (C=O) groups is 1. The number of anilines is 1. The number of carbonyl (C=O) groups excluding carboxylic acids is 1. The molecule has 3 heterocycles. The van der Waals surface area contributed by atoms with Crippen LogP contribution in [0.4, 0.5) is 11.5 Å². The van der Waals surface area contributed by atoms with Crippen LogP contribution in [0.3, 0.4) is 0 Å². The number of non-ortho nitro benzene ring substituents is 1. The molecular weight excluding hydrogens is 390 g/mol. The molecule has 4 rings (SSSR count). The Labute approximate surface area is 171 Å². The van der Waals surface area contributed by atoms with E-state index in [4.69, 9.17) is 10.3 Å². The van der Waals surface area contributed by atoms with Crippen molar-refractivity contribution in [3.05, 3.63) is 57.9 Å². The first-order valence-electron chi connectivity index (χ1n) is 9.49. The zero-order valence-electron chi connectivity index (χ0n) is 16.2. The molecule has 0 saturated carbocycles. The van der Waals surface area contributed by atoms with Crippen LogP contribution in [0.1, 0.15) is 48.0 Å². The van der Waals surface area contributed by atoms with Crippen molar-refractivity contribution in [1.82, 2.24) is 20.1 Å². The first-order valence-corrected chi connectivity index (χ1v) is 9.49. The molecule has 1 amide bonds. The molecule has 0 radical (unpaired) electrons. The lowest BCUT2D eigenvalue weighted by Gasteiger charge is -2.23. The van der Waals surface area contributed by atoms with Crippen molar-refractivity contribution in [2.75, 3.05) is 11.4 Å². The van der Waals surface area contributed by atoms with Gasteiger partial charge in [0.2, 0.25) is 5.89 Å². The number of aromatic nitrogens is 4. The summed E-state index contributed by atoms with van der Waals surface area (Å²) < 4.78 is 5.26. The van der Waals surface area contributed by atoms with Crippen LogP contribution in [0, 0.1) is 10.1 Å². The number of primary amides is 1. The number of nitro groups is 1. The van der Waals surface area contributed by atoms with E-state index in [1.54, 1.807) is 12.1 Å². The first kappa shape index (κ1) is 19.4. The van der Waals surface area contributed by atoms with Crippen molar-refractivity contribution in [1.29, 1.82) is 0 Å². The second-order valence-electron chi connectivity index (χ2n) is 6.87. The number of hydrogen-bond acceptors (Lipinski definition) is 9. The maximum Gasteiger partial charge on any atom is 0.290 e. The van der Waals surface area contributed by atoms with Gasteiger partial charge in [-0.25, -0.2) is 9.97 Å². The Morgan fingerprint density at radius 2 is 2.07 bits per heavy atom. The molecule has 0 bridgehead atoms. The smallest absolute Gasteiger partial charge is 0.290 e. The van der Waals surface area contributed by atoms with Gasteiger partial charge in [-0.05, 0) is 31.4 Å². The van der Waals surface area contributed by atoms with E-state index < -0.39 is 10.8 Å². The molecule has 2 aromatic heterocycles. The van der Waals surface area contributed by atoms with Gasteiger partial charge >= 0.3 is 0 Å². The lowest BCUT2D eigenvalue weighted by Crippen LogP contribution is -2.24. The summed E-state index contributed by atoms with van der Waals surface area (Å²) in [5.41, 5.74) is 6.75. The molecule has 30 heavy (non-hydrogen) atoms. The molecule has 1 aliphatic rings. The molecular formula is C19H19N7O4. The minimum atomic E-state index is -0.745. The summed E-state index contributed by atoms with van der Waals surface area (Å²) in [6, 6.07) is 7.80. The van der Waals surface area contributed by atoms with Gasteiger partial charge in [0.15, 0.2) is 5.82 Å². The van der Waals surface area contributed by atoms with Gasteiger partial charge in [0.25, 0.3) is 17.4 Å². The van der Waals surface area contributed by atoms with E-state index >= 15 is 0 Å². The summed E-state index contributed by atoms with van der Waals surface area (Å²) in [5.74, 6) is 0.588. The second-order valence-corrected chi connectivity index (χ2v) is 6.87. The molecule has 1 saturated heterocycles. The highest BCUT2D eigenvalue weighted by atomic mass is 16.6. The number of amides is 1. The van der Waals surface area contributed by atoms with Crippen molar-refractivity contribution in [3.63, 3.8) is 0 Å². The summed E-state index contributed by atoms with van der Waals surface area (Å²) in [7, 11) is 0. The highest BCUT2D eigenvalue weighted by molar-refractivity contribution is 5.88. The van der Waals surface area contributed by atoms with E-state index in [0.29, 0.717) is 29.5 Å². The van der Waals surface area contributed by atoms with Crippen LogP contribution < -0.4 is 10.6 Å². The van der Waals surface area contributed by atoms with Crippen LogP contribution in [0.15, 0.2) is 34.9 Å². The summed E-state index contributed by atoms with van der Waals surface area (Å²) >= 11 is 0. The fourth-order valence-electron chi connectivity index (χ4n) is 3.44. The number of benzene rings is 1. The third-order valence-electron chi connectivity index (χ3n) is 4.96. The predicted molar refractivity (Wildman–Crippen MR) is 106 cm³/mol. The van der Waals surface area contributed by atoms with Crippen molar-refractivity contribution in [2.45, 2.75) is 32.2 Å². The topological polar surface area (TPSA) is 154 Å². The Morgan fingerprint density at radius 1 is 1.30 bits per heavy atom. The zero-order chi connectivity index (χ0) is 21.3. The van der Waals surface area contributed by atoms with Gasteiger partial charge < -0.3 is 15.2 Å². The first-order chi connectivity index (χ1) is 14.5. The van der Waals surface area contributed by atoms with Gasteiger partial charge in [0, 0.05) is 36.0 Å². The minimum Gasteiger partial charge on any atom is -0.363 e. The van der Waals surface area contributed by atoms with E-state index in [1.807, 2.05) is 17.9 Å². The highest BCUT2D eigenvalue weighted by Gasteiger charge is 2.32. The Kier molecular flexibility index (Phi) is 5.09. The quantitative estimate of drug-likeness (QED) is 0.477. The van der Waals surface area contributed by atoms with Gasteiger partial charge in [0.1, 0.15) is 11.9 Å². The van der Waals surface area contributed by atoms with Crippen molar-refractivity contribution >= 4 is 17.4 Å². The Hall–Kier alpha value is -3.89. The van der Waals surface area contributed by atoms with Crippen LogP contribution >= 0.6 is 0 Å². The van der Waals surface area contributed by atoms with Crippen LogP contribution in [0.2, 0.25) is 0 Å². The third-order valence-corrected chi connectivity index (χ3v) is 4.96. The predicted octanol–water partition coefficient (Wildman–Crippen LogP) is 2.44. The van der Waals surface area contributed by atoms with Gasteiger partial charge in [0.05, 0.1) is 4.92 Å². The standard InChI is InChI=1S/C19H19N7O4/c1-2-12-10-15(22-17(21-12)11-5-7-13(8-6-11)26(28)29)25-9-3-4-14(25)19-23-18(16(20)27)24-30-19/h5-8,10,14H,2-4,9H2,1H3,(H2,20,27). The molecule has 1 aliphatic heterocycles. The third kappa shape index (κ3) is 3.69. The summed E-state index contributed by atoms with van der Waals surface area (Å²) in [4.78, 5) is 37.2. The largest absolute Gasteiger partial charge is 0.363 e. The molecule has 0 spiro atoms. The fraction of sp³-hybridized carbons (Fsp3) is 0.316. The molecule has 0 aliphatic carbocycles. The number of nitrogens with two attached hydrogens (primary N) is 1. The molecule has 1 aromatic carbocycles. The second kappa shape index (κ2) is 7.85. The van der Waals surface area contributed by atoms with Gasteiger partial charge in [-0.2, -0.15) is 4.98 Å². The molecule has 11 nitrogen and oxygen atoms in total. The Morgan fingerprint density at radius 3 is 2.70 bits per heavy atom. The molecule has 1 atom stereocenters. The molecule has 3 aromatic rings. The lowest BCUT2D eigenvalue weighted by molar-refractivity contribution is -0.384. The van der Waals surface area contributed by atoms with Crippen LogP contribution in [0.25, 0.3) is 11.4 Å². The Balaban J connectivity index is 1.69. The van der Waals surface area contributed by atoms with E-state index in [-0.39, 0.29) is 17.6 Å². The monoisotopic (exact) mass is 409 g/mol. The molecule has 11 heteroatoms. The van der Waals surface area contributed by atoms with Crippen molar-refractivity contribution < 1.29 is 14.2 Å². The van der Waals surface area contributed by atoms with Gasteiger partial charge in [-0.1, -0.05) is 12.1 Å². The normalized spacial score (nSPS) is 16.0. The van der Waals surface area contributed by atoms with E-state index in [2.05, 4.69) is 20.1 Å². The van der Waals surface area contributed by atoms with Gasteiger partial charge in [-0.15, -0.1) is 0 Å². The molecule has 154 valence electrons. The SMILES string of the molecule is CCc1cc(N2CCCC2c2nc(C(N)=O)no2)nc(-c2ccc([N+](=O)[O-])cc2)n1. The number of nitro benzene ring substituents is 1. The number of rotatable bonds is 6. The average molecular weight is 409 g/mol. The maximum absolute atomic E-state index is 11.3. The van der Waals surface area contributed by atoms with Crippen molar-refractivity contribution in [3.8, 4) is 11.4 Å². The minimum absolute atomic E-state index is 0.00637. The molecule has 1 fully saturated rings. The van der Waals surface area contributed by atoms with Crippen LogP contribution in [-0.4, -0.2) is 37.5 Å². The van der Waals surface area contributed by atoms with E-state index in [1.165, 1.54) is 12.1 Å². The van der Waals surface area contributed by atoms with Crippen LogP contribution in [-0.2, 0) is 6.42 Å². The lowest BCUT2D eigenvalue weighted by atomic mass is 10.1. The van der Waals surface area contributed by atoms with Crippen LogP contribution in [0.5, 0.6) is 0 Å². The van der Waals surface area contributed by atoms with E-state index in [9.17, 15) is 14.9 Å². The maximum atomic E-state index is 11.3. The number of hydrogen-bond donors (Lipinski definition) is 1. The van der Waals surface area contributed by atoms with Crippen molar-refractivity contribution in [2.24, 2.45) is 5.73 Å². The summed E-state index contributed by atoms with van der Waals surface area (Å²) in [6.45, 7) is 2.71. The highest BCUT2D eigenvalue weighted by Crippen LogP contribution is 2.35. The molecule has 2 N–H and O–H groups in total. The zero-order valence-corrected chi connectivity index (χ0v) is 16.2. The van der Waals surface area contributed by atoms with E-state index in [0.717, 1.165) is 25.1 Å². The number of nitrogens with zero attached hydrogens (tertiary/aromatic N) is 6. The fourth-order valence-corrected chi connectivity index (χ4v) is 3.44. The summed E-state index contributed by atoms with van der Waals surface area (Å²) in [5, 5.41) is 14.5. The van der Waals surface area contributed by atoms with Gasteiger partial charge in [-0.3, -0.25) is 14.9 Å². The number of aryl methyl sites for hydroxylation is 1. The average Bonchev–Trinajstić information content (AvgIpc) is 3.43. The summed E-state index contributed by atoms with van der Waals surface area (Å²) in [6.07, 6.45) is 2.34.